The van der Waals surface area contributed by atoms with Gasteiger partial charge in [-0.05, 0) is 48.9 Å². The van der Waals surface area contributed by atoms with Gasteiger partial charge in [-0.1, -0.05) is 18.2 Å². The summed E-state index contributed by atoms with van der Waals surface area (Å²) in [4.78, 5) is 0. The second-order valence-electron chi connectivity index (χ2n) is 4.55. The Balaban J connectivity index is 2.30. The maximum atomic E-state index is 12.9. The Hall–Kier alpha value is -1.03. The fraction of sp³-hybridized carbons (Fsp3) is 0.538. The fourth-order valence-corrected chi connectivity index (χ4v) is 2.49. The van der Waals surface area contributed by atoms with Crippen molar-refractivity contribution in [3.8, 4) is 0 Å². The minimum Gasteiger partial charge on any atom is -0.330 e. The predicted molar refractivity (Wildman–Crippen MR) is 60.9 cm³/mol. The molecule has 0 saturated heterocycles. The van der Waals surface area contributed by atoms with Gasteiger partial charge in [0.15, 0.2) is 0 Å². The SMILES string of the molecule is NCCC(c1ccc2c(c1)CCC2)C(F)(F)F. The fourth-order valence-electron chi connectivity index (χ4n) is 2.49. The van der Waals surface area contributed by atoms with Gasteiger partial charge >= 0.3 is 6.18 Å². The number of hydrogen-bond acceptors (Lipinski definition) is 1. The first kappa shape index (κ1) is 12.4. The number of hydrogen-bond donors (Lipinski definition) is 1. The van der Waals surface area contributed by atoms with Crippen LogP contribution in [-0.2, 0) is 12.8 Å². The van der Waals surface area contributed by atoms with Crippen molar-refractivity contribution in [2.45, 2.75) is 37.8 Å². The minimum absolute atomic E-state index is 0.0394. The monoisotopic (exact) mass is 243 g/mol. The summed E-state index contributed by atoms with van der Waals surface area (Å²) in [5.41, 5.74) is 7.91. The Morgan fingerprint density at radius 1 is 1.18 bits per heavy atom. The van der Waals surface area contributed by atoms with Crippen molar-refractivity contribution in [1.29, 1.82) is 0 Å². The summed E-state index contributed by atoms with van der Waals surface area (Å²) in [7, 11) is 0. The summed E-state index contributed by atoms with van der Waals surface area (Å²) in [6.45, 7) is 0.0568. The molecule has 1 aromatic rings. The standard InChI is InChI=1S/C13H16F3N/c14-13(15,16)12(6-7-17)11-5-4-9-2-1-3-10(9)8-11/h4-5,8,12H,1-3,6-7,17H2. The Labute approximate surface area is 98.8 Å². The van der Waals surface area contributed by atoms with E-state index in [1.165, 1.54) is 5.56 Å². The highest BCUT2D eigenvalue weighted by Gasteiger charge is 2.40. The van der Waals surface area contributed by atoms with Crippen molar-refractivity contribution in [2.24, 2.45) is 5.73 Å². The lowest BCUT2D eigenvalue weighted by molar-refractivity contribution is -0.151. The van der Waals surface area contributed by atoms with Crippen LogP contribution in [0.3, 0.4) is 0 Å². The zero-order valence-electron chi connectivity index (χ0n) is 9.56. The molecule has 0 aliphatic heterocycles. The average molecular weight is 243 g/mol. The van der Waals surface area contributed by atoms with E-state index in [1.807, 2.05) is 6.07 Å². The third kappa shape index (κ3) is 2.63. The van der Waals surface area contributed by atoms with Crippen molar-refractivity contribution in [3.05, 3.63) is 34.9 Å². The van der Waals surface area contributed by atoms with E-state index in [2.05, 4.69) is 0 Å². The molecule has 0 aromatic heterocycles. The van der Waals surface area contributed by atoms with E-state index in [0.717, 1.165) is 24.8 Å². The van der Waals surface area contributed by atoms with E-state index >= 15 is 0 Å². The number of alkyl halides is 3. The number of benzene rings is 1. The summed E-state index contributed by atoms with van der Waals surface area (Å²) in [6, 6.07) is 5.17. The molecule has 2 rings (SSSR count). The van der Waals surface area contributed by atoms with Crippen LogP contribution >= 0.6 is 0 Å². The molecule has 0 amide bonds. The molecule has 0 radical (unpaired) electrons. The van der Waals surface area contributed by atoms with Gasteiger partial charge in [0.25, 0.3) is 0 Å². The van der Waals surface area contributed by atoms with Crippen molar-refractivity contribution < 1.29 is 13.2 Å². The molecule has 2 N–H and O–H groups in total. The van der Waals surface area contributed by atoms with Crippen LogP contribution < -0.4 is 5.73 Å². The lowest BCUT2D eigenvalue weighted by Crippen LogP contribution is -2.23. The smallest absolute Gasteiger partial charge is 0.330 e. The molecule has 0 saturated carbocycles. The first-order valence-electron chi connectivity index (χ1n) is 5.91. The molecular weight excluding hydrogens is 227 g/mol. The molecule has 0 fully saturated rings. The molecule has 4 heteroatoms. The maximum absolute atomic E-state index is 12.9. The van der Waals surface area contributed by atoms with Gasteiger partial charge in [-0.25, -0.2) is 0 Å². The van der Waals surface area contributed by atoms with Crippen molar-refractivity contribution >= 4 is 0 Å². The van der Waals surface area contributed by atoms with Crippen LogP contribution in [0.5, 0.6) is 0 Å². The largest absolute Gasteiger partial charge is 0.395 e. The van der Waals surface area contributed by atoms with Crippen LogP contribution in [0.2, 0.25) is 0 Å². The molecule has 1 unspecified atom stereocenters. The van der Waals surface area contributed by atoms with Crippen LogP contribution in [0.4, 0.5) is 13.2 Å². The molecule has 1 nitrogen and oxygen atoms in total. The van der Waals surface area contributed by atoms with E-state index in [4.69, 9.17) is 5.73 Å². The third-order valence-electron chi connectivity index (χ3n) is 3.38. The zero-order valence-corrected chi connectivity index (χ0v) is 9.56. The second-order valence-corrected chi connectivity index (χ2v) is 4.55. The third-order valence-corrected chi connectivity index (χ3v) is 3.38. The molecule has 1 aliphatic rings. The lowest BCUT2D eigenvalue weighted by Gasteiger charge is -2.20. The summed E-state index contributed by atoms with van der Waals surface area (Å²) >= 11 is 0. The molecule has 17 heavy (non-hydrogen) atoms. The van der Waals surface area contributed by atoms with Gasteiger partial charge in [0.2, 0.25) is 0 Å². The summed E-state index contributed by atoms with van der Waals surface area (Å²) in [5, 5.41) is 0. The van der Waals surface area contributed by atoms with Crippen LogP contribution in [0.15, 0.2) is 18.2 Å². The van der Waals surface area contributed by atoms with Gasteiger partial charge < -0.3 is 5.73 Å². The van der Waals surface area contributed by atoms with E-state index in [-0.39, 0.29) is 13.0 Å². The molecule has 1 atom stereocenters. The summed E-state index contributed by atoms with van der Waals surface area (Å²) < 4.78 is 38.7. The minimum atomic E-state index is -4.20. The predicted octanol–water partition coefficient (Wildman–Crippen LogP) is 3.17. The number of halogens is 3. The van der Waals surface area contributed by atoms with Crippen LogP contribution in [-0.4, -0.2) is 12.7 Å². The molecule has 1 aliphatic carbocycles. The number of nitrogens with two attached hydrogens (primary N) is 1. The Morgan fingerprint density at radius 3 is 2.53 bits per heavy atom. The van der Waals surface area contributed by atoms with Crippen molar-refractivity contribution in [1.82, 2.24) is 0 Å². The summed E-state index contributed by atoms with van der Waals surface area (Å²) in [5.74, 6) is -1.42. The number of fused-ring (bicyclic) bond motifs is 1. The first-order chi connectivity index (χ1) is 8.02. The molecule has 94 valence electrons. The average Bonchev–Trinajstić information content (AvgIpc) is 2.71. The van der Waals surface area contributed by atoms with Gasteiger partial charge in [0.1, 0.15) is 0 Å². The van der Waals surface area contributed by atoms with E-state index in [9.17, 15) is 13.2 Å². The Morgan fingerprint density at radius 2 is 1.88 bits per heavy atom. The molecule has 0 bridgehead atoms. The quantitative estimate of drug-likeness (QED) is 0.867. The molecular formula is C13H16F3N. The number of aryl methyl sites for hydroxylation is 2. The van der Waals surface area contributed by atoms with Crippen LogP contribution in [0.1, 0.15) is 35.4 Å². The van der Waals surface area contributed by atoms with Gasteiger partial charge in [-0.15, -0.1) is 0 Å². The van der Waals surface area contributed by atoms with Gasteiger partial charge in [-0.3, -0.25) is 0 Å². The van der Waals surface area contributed by atoms with E-state index in [1.54, 1.807) is 12.1 Å². The van der Waals surface area contributed by atoms with E-state index < -0.39 is 12.1 Å². The number of rotatable bonds is 3. The van der Waals surface area contributed by atoms with Gasteiger partial charge in [-0.2, -0.15) is 13.2 Å². The zero-order chi connectivity index (χ0) is 12.5. The highest BCUT2D eigenvalue weighted by atomic mass is 19.4. The molecule has 0 spiro atoms. The topological polar surface area (TPSA) is 26.0 Å². The highest BCUT2D eigenvalue weighted by molar-refractivity contribution is 5.37. The Kier molecular flexibility index (Phi) is 3.43. The normalized spacial score (nSPS) is 16.9. The second kappa shape index (κ2) is 4.69. The van der Waals surface area contributed by atoms with Crippen molar-refractivity contribution in [3.63, 3.8) is 0 Å². The van der Waals surface area contributed by atoms with Crippen molar-refractivity contribution in [2.75, 3.05) is 6.54 Å². The Bertz CT molecular complexity index is 398. The molecule has 1 aromatic carbocycles. The van der Waals surface area contributed by atoms with Gasteiger partial charge in [0, 0.05) is 0 Å². The van der Waals surface area contributed by atoms with Crippen LogP contribution in [0, 0.1) is 0 Å². The highest BCUT2D eigenvalue weighted by Crippen LogP contribution is 2.38. The first-order valence-corrected chi connectivity index (χ1v) is 5.91. The maximum Gasteiger partial charge on any atom is 0.395 e. The van der Waals surface area contributed by atoms with E-state index in [0.29, 0.717) is 5.56 Å². The molecule has 0 heterocycles. The summed E-state index contributed by atoms with van der Waals surface area (Å²) in [6.07, 6.45) is -1.31. The van der Waals surface area contributed by atoms with Gasteiger partial charge in [0.05, 0.1) is 5.92 Å². The van der Waals surface area contributed by atoms with Crippen LogP contribution in [0.25, 0.3) is 0 Å². The lowest BCUT2D eigenvalue weighted by atomic mass is 9.92.